The van der Waals surface area contributed by atoms with Crippen LogP contribution in [-0.2, 0) is 0 Å². The van der Waals surface area contributed by atoms with Crippen LogP contribution >= 0.6 is 24.8 Å². The number of para-hydroxylation sites is 1. The second kappa shape index (κ2) is 8.40. The lowest BCUT2D eigenvalue weighted by molar-refractivity contribution is 0.176. The molecule has 0 spiro atoms. The molecule has 120 valence electrons. The van der Waals surface area contributed by atoms with Crippen LogP contribution in [0.4, 0.5) is 0 Å². The molecule has 0 unspecified atom stereocenters. The van der Waals surface area contributed by atoms with Crippen molar-refractivity contribution in [1.29, 1.82) is 5.26 Å². The molecular formula is C16H22Cl2N4. The minimum absolute atomic E-state index is 0. The fourth-order valence-corrected chi connectivity index (χ4v) is 3.22. The summed E-state index contributed by atoms with van der Waals surface area (Å²) in [5, 5.41) is 13.9. The van der Waals surface area contributed by atoms with E-state index in [0.29, 0.717) is 6.42 Å². The Balaban J connectivity index is 0.00000121. The van der Waals surface area contributed by atoms with Crippen molar-refractivity contribution < 1.29 is 0 Å². The molecule has 1 saturated heterocycles. The Morgan fingerprint density at radius 2 is 1.91 bits per heavy atom. The van der Waals surface area contributed by atoms with Gasteiger partial charge in [0.25, 0.3) is 0 Å². The van der Waals surface area contributed by atoms with Gasteiger partial charge < -0.3 is 10.3 Å². The summed E-state index contributed by atoms with van der Waals surface area (Å²) in [6, 6.07) is 10.9. The molecule has 0 saturated carbocycles. The first kappa shape index (κ1) is 18.8. The Bertz CT molecular complexity index is 641. The highest BCUT2D eigenvalue weighted by Gasteiger charge is 2.25. The van der Waals surface area contributed by atoms with Crippen LogP contribution in [0.15, 0.2) is 24.3 Å². The number of nitriles is 1. The lowest BCUT2D eigenvalue weighted by atomic mass is 9.98. The molecule has 1 aliphatic rings. The number of nitrogens with one attached hydrogen (secondary N) is 2. The van der Waals surface area contributed by atoms with E-state index in [4.69, 9.17) is 0 Å². The molecule has 4 nitrogen and oxygen atoms in total. The highest BCUT2D eigenvalue weighted by atomic mass is 35.5. The standard InChI is InChI=1S/C16H20N4.2ClH/c1-12-16(13-4-2-3-5-14(13)19-12)15(6-7-17)20-10-8-18-9-11-20;;/h2-5,15,18-19H,6,8-11H2,1H3;2*1H/t15-;;/m1../s1. The number of hydrogen-bond donors (Lipinski definition) is 2. The first-order valence-electron chi connectivity index (χ1n) is 7.20. The van der Waals surface area contributed by atoms with Crippen molar-refractivity contribution in [3.8, 4) is 6.07 Å². The number of rotatable bonds is 3. The van der Waals surface area contributed by atoms with Gasteiger partial charge in [-0.15, -0.1) is 24.8 Å². The Kier molecular flexibility index (Phi) is 7.18. The van der Waals surface area contributed by atoms with Crippen molar-refractivity contribution in [2.24, 2.45) is 0 Å². The zero-order valence-electron chi connectivity index (χ0n) is 12.6. The van der Waals surface area contributed by atoms with E-state index < -0.39 is 0 Å². The molecule has 2 aromatic rings. The molecule has 1 atom stereocenters. The first-order chi connectivity index (χ1) is 9.81. The summed E-state index contributed by atoms with van der Waals surface area (Å²) in [4.78, 5) is 5.89. The minimum Gasteiger partial charge on any atom is -0.358 e. The van der Waals surface area contributed by atoms with Crippen molar-refractivity contribution in [2.45, 2.75) is 19.4 Å². The van der Waals surface area contributed by atoms with E-state index in [0.717, 1.165) is 31.7 Å². The van der Waals surface area contributed by atoms with Gasteiger partial charge in [-0.2, -0.15) is 5.26 Å². The smallest absolute Gasteiger partial charge is 0.0641 e. The van der Waals surface area contributed by atoms with Gasteiger partial charge in [0.05, 0.1) is 18.5 Å². The van der Waals surface area contributed by atoms with Gasteiger partial charge in [0, 0.05) is 42.8 Å². The van der Waals surface area contributed by atoms with Crippen LogP contribution in [0.5, 0.6) is 0 Å². The first-order valence-corrected chi connectivity index (χ1v) is 7.20. The maximum absolute atomic E-state index is 9.23. The predicted molar refractivity (Wildman–Crippen MR) is 94.9 cm³/mol. The van der Waals surface area contributed by atoms with E-state index in [2.05, 4.69) is 46.4 Å². The van der Waals surface area contributed by atoms with Gasteiger partial charge in [0.1, 0.15) is 0 Å². The average Bonchev–Trinajstić information content (AvgIpc) is 2.82. The van der Waals surface area contributed by atoms with Crippen molar-refractivity contribution in [3.05, 3.63) is 35.5 Å². The number of H-pyrrole nitrogens is 1. The van der Waals surface area contributed by atoms with Crippen LogP contribution < -0.4 is 5.32 Å². The number of aryl methyl sites for hydroxylation is 1. The Morgan fingerprint density at radius 1 is 1.23 bits per heavy atom. The maximum atomic E-state index is 9.23. The molecule has 1 aromatic heterocycles. The van der Waals surface area contributed by atoms with Gasteiger partial charge in [0.15, 0.2) is 0 Å². The van der Waals surface area contributed by atoms with E-state index >= 15 is 0 Å². The topological polar surface area (TPSA) is 54.9 Å². The summed E-state index contributed by atoms with van der Waals surface area (Å²) in [5.41, 5.74) is 3.65. The van der Waals surface area contributed by atoms with Gasteiger partial charge in [-0.25, -0.2) is 0 Å². The lowest BCUT2D eigenvalue weighted by Crippen LogP contribution is -2.45. The number of piperazine rings is 1. The number of halogens is 2. The quantitative estimate of drug-likeness (QED) is 0.902. The maximum Gasteiger partial charge on any atom is 0.0641 e. The Morgan fingerprint density at radius 3 is 2.59 bits per heavy atom. The molecule has 2 heterocycles. The third-order valence-electron chi connectivity index (χ3n) is 4.15. The number of aromatic nitrogens is 1. The van der Waals surface area contributed by atoms with Gasteiger partial charge >= 0.3 is 0 Å². The summed E-state index contributed by atoms with van der Waals surface area (Å²) in [6.07, 6.45) is 0.544. The molecule has 0 radical (unpaired) electrons. The predicted octanol–water partition coefficient (Wildman–Crippen LogP) is 3.18. The summed E-state index contributed by atoms with van der Waals surface area (Å²) >= 11 is 0. The molecule has 1 aliphatic heterocycles. The molecule has 1 aromatic carbocycles. The minimum atomic E-state index is 0. The molecule has 0 amide bonds. The average molecular weight is 341 g/mol. The Hall–Kier alpha value is -1.25. The van der Waals surface area contributed by atoms with E-state index in [1.165, 1.54) is 16.6 Å². The van der Waals surface area contributed by atoms with Crippen LogP contribution in [0.25, 0.3) is 10.9 Å². The summed E-state index contributed by atoms with van der Waals surface area (Å²) in [5.74, 6) is 0. The van der Waals surface area contributed by atoms with E-state index in [1.807, 2.05) is 6.07 Å². The third kappa shape index (κ3) is 3.56. The van der Waals surface area contributed by atoms with Crippen molar-refractivity contribution in [2.75, 3.05) is 26.2 Å². The molecule has 6 heteroatoms. The molecular weight excluding hydrogens is 319 g/mol. The number of aromatic amines is 1. The normalized spacial score (nSPS) is 16.4. The van der Waals surface area contributed by atoms with Crippen molar-refractivity contribution in [3.63, 3.8) is 0 Å². The fourth-order valence-electron chi connectivity index (χ4n) is 3.22. The number of nitrogens with zero attached hydrogens (tertiary/aromatic N) is 2. The SMILES string of the molecule is Cc1[nH]c2ccccc2c1[C@@H](CC#N)N1CCNCC1.Cl.Cl. The largest absolute Gasteiger partial charge is 0.358 e. The number of fused-ring (bicyclic) bond motifs is 1. The number of hydrogen-bond acceptors (Lipinski definition) is 3. The third-order valence-corrected chi connectivity index (χ3v) is 4.15. The second-order valence-corrected chi connectivity index (χ2v) is 5.37. The van der Waals surface area contributed by atoms with Crippen LogP contribution in [0.1, 0.15) is 23.7 Å². The van der Waals surface area contributed by atoms with Crippen molar-refractivity contribution in [1.82, 2.24) is 15.2 Å². The zero-order chi connectivity index (χ0) is 13.9. The Labute approximate surface area is 143 Å². The van der Waals surface area contributed by atoms with Crippen LogP contribution in [0.3, 0.4) is 0 Å². The van der Waals surface area contributed by atoms with Gasteiger partial charge in [-0.1, -0.05) is 18.2 Å². The molecule has 2 N–H and O–H groups in total. The van der Waals surface area contributed by atoms with E-state index in [1.54, 1.807) is 0 Å². The monoisotopic (exact) mass is 340 g/mol. The highest BCUT2D eigenvalue weighted by Crippen LogP contribution is 2.33. The van der Waals surface area contributed by atoms with Crippen molar-refractivity contribution >= 4 is 35.7 Å². The molecule has 0 aliphatic carbocycles. The van der Waals surface area contributed by atoms with Gasteiger partial charge in [0.2, 0.25) is 0 Å². The highest BCUT2D eigenvalue weighted by molar-refractivity contribution is 5.86. The summed E-state index contributed by atoms with van der Waals surface area (Å²) in [6.45, 7) is 6.13. The molecule has 22 heavy (non-hydrogen) atoms. The van der Waals surface area contributed by atoms with Crippen LogP contribution in [-0.4, -0.2) is 36.1 Å². The molecule has 0 bridgehead atoms. The van der Waals surface area contributed by atoms with Gasteiger partial charge in [-0.05, 0) is 18.6 Å². The zero-order valence-corrected chi connectivity index (χ0v) is 14.3. The van der Waals surface area contributed by atoms with E-state index in [-0.39, 0.29) is 30.9 Å². The molecule has 1 fully saturated rings. The number of benzene rings is 1. The summed E-state index contributed by atoms with van der Waals surface area (Å²) in [7, 11) is 0. The van der Waals surface area contributed by atoms with Crippen LogP contribution in [0, 0.1) is 18.3 Å². The van der Waals surface area contributed by atoms with E-state index in [9.17, 15) is 5.26 Å². The van der Waals surface area contributed by atoms with Gasteiger partial charge in [-0.3, -0.25) is 4.90 Å². The lowest BCUT2D eigenvalue weighted by Gasteiger charge is -2.34. The second-order valence-electron chi connectivity index (χ2n) is 5.37. The van der Waals surface area contributed by atoms with Crippen LogP contribution in [0.2, 0.25) is 0 Å². The fraction of sp³-hybridized carbons (Fsp3) is 0.438. The molecule has 3 rings (SSSR count). The summed E-state index contributed by atoms with van der Waals surface area (Å²) < 4.78 is 0.